The molecule has 1 aliphatic heterocycles. The Hall–Kier alpha value is -0.890. The first-order valence-electron chi connectivity index (χ1n) is 6.19. The minimum Gasteiger partial charge on any atom is -0.396 e. The molecular formula is C12H16ClFN2O3S. The predicted octanol–water partition coefficient (Wildman–Crippen LogP) is 1.91. The molecule has 1 aliphatic rings. The lowest BCUT2D eigenvalue weighted by Gasteiger charge is -2.20. The average Bonchev–Trinajstić information content (AvgIpc) is 2.86. The number of benzene rings is 1. The molecular weight excluding hydrogens is 307 g/mol. The molecule has 112 valence electrons. The number of halogens is 2. The fourth-order valence-electron chi connectivity index (χ4n) is 2.16. The lowest BCUT2D eigenvalue weighted by molar-refractivity contribution is 0.0902. The Labute approximate surface area is 122 Å². The first-order chi connectivity index (χ1) is 9.31. The molecule has 20 heavy (non-hydrogen) atoms. The van der Waals surface area contributed by atoms with E-state index in [9.17, 15) is 12.8 Å². The van der Waals surface area contributed by atoms with Crippen LogP contribution in [0.25, 0.3) is 0 Å². The van der Waals surface area contributed by atoms with Crippen LogP contribution in [0.2, 0.25) is 5.02 Å². The van der Waals surface area contributed by atoms with Gasteiger partial charge in [0.2, 0.25) is 10.0 Å². The van der Waals surface area contributed by atoms with Crippen LogP contribution in [0.15, 0.2) is 17.0 Å². The van der Waals surface area contributed by atoms with Crippen molar-refractivity contribution in [1.29, 1.82) is 0 Å². The lowest BCUT2D eigenvalue weighted by atomic mass is 10.1. The molecule has 0 amide bonds. The molecule has 1 heterocycles. The third-order valence-electron chi connectivity index (χ3n) is 3.19. The van der Waals surface area contributed by atoms with Crippen LogP contribution in [0.4, 0.5) is 10.1 Å². The summed E-state index contributed by atoms with van der Waals surface area (Å²) in [7, 11) is -4.04. The van der Waals surface area contributed by atoms with Gasteiger partial charge in [-0.25, -0.2) is 17.5 Å². The molecule has 0 aliphatic carbocycles. The Balaban J connectivity index is 2.26. The van der Waals surface area contributed by atoms with Crippen molar-refractivity contribution < 1.29 is 17.5 Å². The van der Waals surface area contributed by atoms with Crippen molar-refractivity contribution in [2.75, 3.05) is 12.3 Å². The number of nitrogens with one attached hydrogen (secondary N) is 1. The van der Waals surface area contributed by atoms with Crippen LogP contribution < -0.4 is 10.5 Å². The van der Waals surface area contributed by atoms with E-state index in [1.165, 1.54) is 6.07 Å². The fourth-order valence-corrected chi connectivity index (χ4v) is 3.86. The van der Waals surface area contributed by atoms with Gasteiger partial charge in [0.1, 0.15) is 4.90 Å². The summed E-state index contributed by atoms with van der Waals surface area (Å²) in [6.45, 7) is 2.29. The number of sulfonamides is 1. The lowest BCUT2D eigenvalue weighted by Crippen LogP contribution is -2.41. The van der Waals surface area contributed by atoms with Gasteiger partial charge in [0.25, 0.3) is 0 Å². The average molecular weight is 323 g/mol. The second kappa shape index (κ2) is 5.85. The molecule has 0 radical (unpaired) electrons. The monoisotopic (exact) mass is 322 g/mol. The van der Waals surface area contributed by atoms with Crippen molar-refractivity contribution in [2.45, 2.75) is 36.8 Å². The van der Waals surface area contributed by atoms with Gasteiger partial charge in [0.05, 0.1) is 11.8 Å². The molecule has 2 atom stereocenters. The number of nitrogens with two attached hydrogens (primary N) is 1. The molecule has 8 heteroatoms. The molecule has 2 unspecified atom stereocenters. The number of hydrogen-bond acceptors (Lipinski definition) is 4. The van der Waals surface area contributed by atoms with E-state index >= 15 is 0 Å². The van der Waals surface area contributed by atoms with Gasteiger partial charge in [-0.2, -0.15) is 0 Å². The minimum atomic E-state index is -4.04. The van der Waals surface area contributed by atoms with Gasteiger partial charge < -0.3 is 10.5 Å². The fraction of sp³-hybridized carbons (Fsp3) is 0.500. The maximum Gasteiger partial charge on any atom is 0.243 e. The Morgan fingerprint density at radius 2 is 2.25 bits per heavy atom. The van der Waals surface area contributed by atoms with Crippen molar-refractivity contribution in [3.63, 3.8) is 0 Å². The standard InChI is InChI=1S/C12H16ClFN2O3S/c1-7(10-3-2-4-19-10)16-20(17,18)11-6-8(13)5-9(15)12(11)14/h5-7,10,16H,2-4,15H2,1H3. The summed E-state index contributed by atoms with van der Waals surface area (Å²) in [6, 6.07) is 1.75. The Morgan fingerprint density at radius 1 is 1.55 bits per heavy atom. The number of anilines is 1. The van der Waals surface area contributed by atoms with Crippen LogP contribution in [-0.2, 0) is 14.8 Å². The molecule has 0 bridgehead atoms. The number of nitrogen functional groups attached to an aromatic ring is 1. The van der Waals surface area contributed by atoms with Crippen molar-refractivity contribution in [3.05, 3.63) is 23.0 Å². The summed E-state index contributed by atoms with van der Waals surface area (Å²) in [5, 5.41) is 0.0639. The van der Waals surface area contributed by atoms with Gasteiger partial charge in [-0.3, -0.25) is 0 Å². The van der Waals surface area contributed by atoms with Gasteiger partial charge >= 0.3 is 0 Å². The van der Waals surface area contributed by atoms with Gasteiger partial charge in [-0.05, 0) is 31.9 Å². The van der Waals surface area contributed by atoms with Crippen molar-refractivity contribution in [2.24, 2.45) is 0 Å². The Morgan fingerprint density at radius 3 is 2.85 bits per heavy atom. The van der Waals surface area contributed by atoms with Crippen molar-refractivity contribution in [1.82, 2.24) is 4.72 Å². The molecule has 1 aromatic rings. The van der Waals surface area contributed by atoms with Crippen molar-refractivity contribution in [3.8, 4) is 0 Å². The van der Waals surface area contributed by atoms with E-state index in [1.807, 2.05) is 0 Å². The molecule has 2 rings (SSSR count). The van der Waals surface area contributed by atoms with Crippen molar-refractivity contribution >= 4 is 27.3 Å². The number of ether oxygens (including phenoxy) is 1. The van der Waals surface area contributed by atoms with Gasteiger partial charge in [-0.15, -0.1) is 0 Å². The highest BCUT2D eigenvalue weighted by molar-refractivity contribution is 7.89. The Bertz CT molecular complexity index is 603. The quantitative estimate of drug-likeness (QED) is 0.830. The first kappa shape index (κ1) is 15.5. The zero-order valence-electron chi connectivity index (χ0n) is 10.9. The largest absolute Gasteiger partial charge is 0.396 e. The molecule has 1 fully saturated rings. The van der Waals surface area contributed by atoms with E-state index in [0.717, 1.165) is 18.9 Å². The topological polar surface area (TPSA) is 81.4 Å². The van der Waals surface area contributed by atoms with Crippen LogP contribution in [0, 0.1) is 5.82 Å². The summed E-state index contributed by atoms with van der Waals surface area (Å²) in [6.07, 6.45) is 1.45. The molecule has 1 saturated heterocycles. The summed E-state index contributed by atoms with van der Waals surface area (Å²) < 4.78 is 46.1. The highest BCUT2D eigenvalue weighted by Gasteiger charge is 2.29. The molecule has 0 aromatic heterocycles. The third kappa shape index (κ3) is 3.22. The second-order valence-corrected chi connectivity index (χ2v) is 6.89. The van der Waals surface area contributed by atoms with E-state index < -0.39 is 26.8 Å². The molecule has 0 spiro atoms. The predicted molar refractivity (Wildman–Crippen MR) is 74.6 cm³/mol. The van der Waals surface area contributed by atoms with Crippen LogP contribution in [0.5, 0.6) is 0 Å². The molecule has 3 N–H and O–H groups in total. The van der Waals surface area contributed by atoms with E-state index in [0.29, 0.717) is 6.61 Å². The van der Waals surface area contributed by atoms with E-state index in [2.05, 4.69) is 4.72 Å². The van der Waals surface area contributed by atoms with Gasteiger partial charge in [-0.1, -0.05) is 11.6 Å². The molecule has 0 saturated carbocycles. The molecule has 5 nitrogen and oxygen atoms in total. The van der Waals surface area contributed by atoms with Crippen LogP contribution in [0.3, 0.4) is 0 Å². The smallest absolute Gasteiger partial charge is 0.243 e. The maximum absolute atomic E-state index is 13.9. The second-order valence-electron chi connectivity index (χ2n) is 4.77. The highest BCUT2D eigenvalue weighted by atomic mass is 35.5. The summed E-state index contributed by atoms with van der Waals surface area (Å²) in [5.41, 5.74) is 5.09. The maximum atomic E-state index is 13.9. The molecule has 1 aromatic carbocycles. The first-order valence-corrected chi connectivity index (χ1v) is 8.06. The highest BCUT2D eigenvalue weighted by Crippen LogP contribution is 2.26. The van der Waals surface area contributed by atoms with Crippen LogP contribution >= 0.6 is 11.6 Å². The van der Waals surface area contributed by atoms with E-state index in [1.54, 1.807) is 6.92 Å². The Kier molecular flexibility index (Phi) is 4.53. The minimum absolute atomic E-state index is 0.0639. The van der Waals surface area contributed by atoms with Gasteiger partial charge in [0.15, 0.2) is 5.82 Å². The summed E-state index contributed by atoms with van der Waals surface area (Å²) >= 11 is 5.73. The van der Waals surface area contributed by atoms with E-state index in [-0.39, 0.29) is 16.8 Å². The summed E-state index contributed by atoms with van der Waals surface area (Å²) in [5.74, 6) is -0.999. The number of rotatable bonds is 4. The van der Waals surface area contributed by atoms with Crippen LogP contribution in [-0.4, -0.2) is 27.2 Å². The van der Waals surface area contributed by atoms with Crippen LogP contribution in [0.1, 0.15) is 19.8 Å². The zero-order chi connectivity index (χ0) is 14.9. The zero-order valence-corrected chi connectivity index (χ0v) is 12.5. The normalized spacial score (nSPS) is 21.1. The summed E-state index contributed by atoms with van der Waals surface area (Å²) in [4.78, 5) is -0.549. The number of hydrogen-bond donors (Lipinski definition) is 2. The third-order valence-corrected chi connectivity index (χ3v) is 4.96. The SMILES string of the molecule is CC(NS(=O)(=O)c1cc(Cl)cc(N)c1F)C1CCCO1. The van der Waals surface area contributed by atoms with E-state index in [4.69, 9.17) is 22.1 Å². The van der Waals surface area contributed by atoms with Gasteiger partial charge in [0, 0.05) is 17.7 Å².